The zero-order valence-corrected chi connectivity index (χ0v) is 16.2. The summed E-state index contributed by atoms with van der Waals surface area (Å²) < 4.78 is 18.6. The van der Waals surface area contributed by atoms with Crippen LogP contribution in [-0.4, -0.2) is 48.2 Å². The van der Waals surface area contributed by atoms with E-state index >= 15 is 0 Å². The van der Waals surface area contributed by atoms with Crippen molar-refractivity contribution in [2.24, 2.45) is 7.05 Å². The molecule has 1 saturated heterocycles. The lowest BCUT2D eigenvalue weighted by molar-refractivity contribution is 0.0675. The fourth-order valence-electron chi connectivity index (χ4n) is 3.53. The minimum absolute atomic E-state index is 0.302. The monoisotopic (exact) mass is 359 g/mol. The van der Waals surface area contributed by atoms with Crippen LogP contribution in [0, 0.1) is 6.92 Å². The average Bonchev–Trinajstić information content (AvgIpc) is 3.24. The van der Waals surface area contributed by atoms with Gasteiger partial charge in [-0.15, -0.1) is 0 Å². The summed E-state index contributed by atoms with van der Waals surface area (Å²) in [5.41, 5.74) is 3.47. The Morgan fingerprint density at radius 1 is 1.23 bits per heavy atom. The SMILES string of the molecule is COc1ccc(CN(Cc2cn(C)nc2C)C[C@@H]2CCCO2)c(OC)c1. The quantitative estimate of drug-likeness (QED) is 0.725. The molecule has 1 aliphatic heterocycles. The van der Waals surface area contributed by atoms with Gasteiger partial charge in [-0.3, -0.25) is 9.58 Å². The van der Waals surface area contributed by atoms with Crippen LogP contribution < -0.4 is 9.47 Å². The molecule has 1 atom stereocenters. The maximum atomic E-state index is 5.87. The highest BCUT2D eigenvalue weighted by atomic mass is 16.5. The lowest BCUT2D eigenvalue weighted by Crippen LogP contribution is -2.31. The summed E-state index contributed by atoms with van der Waals surface area (Å²) in [6.07, 6.45) is 4.68. The van der Waals surface area contributed by atoms with Crippen molar-refractivity contribution in [1.82, 2.24) is 14.7 Å². The first kappa shape index (κ1) is 18.7. The standard InChI is InChI=1S/C20H29N3O3/c1-15-17(11-22(2)21-15)13-23(14-19-6-5-9-26-19)12-16-7-8-18(24-3)10-20(16)25-4/h7-8,10-11,19H,5-6,9,12-14H2,1-4H3/t19-/m0/s1. The Bertz CT molecular complexity index is 723. The Labute approximate surface area is 155 Å². The topological polar surface area (TPSA) is 48.8 Å². The fraction of sp³-hybridized carbons (Fsp3) is 0.550. The van der Waals surface area contributed by atoms with Gasteiger partial charge in [0.1, 0.15) is 11.5 Å². The molecule has 1 aromatic heterocycles. The van der Waals surface area contributed by atoms with E-state index < -0.39 is 0 Å². The largest absolute Gasteiger partial charge is 0.497 e. The van der Waals surface area contributed by atoms with E-state index in [4.69, 9.17) is 14.2 Å². The van der Waals surface area contributed by atoms with E-state index in [1.807, 2.05) is 23.9 Å². The average molecular weight is 359 g/mol. The highest BCUT2D eigenvalue weighted by molar-refractivity contribution is 5.40. The van der Waals surface area contributed by atoms with Gasteiger partial charge < -0.3 is 14.2 Å². The van der Waals surface area contributed by atoms with Gasteiger partial charge in [0.15, 0.2) is 0 Å². The molecule has 6 nitrogen and oxygen atoms in total. The molecule has 1 aliphatic rings. The van der Waals surface area contributed by atoms with E-state index in [9.17, 15) is 0 Å². The second-order valence-corrected chi connectivity index (χ2v) is 6.90. The van der Waals surface area contributed by atoms with Gasteiger partial charge in [-0.1, -0.05) is 6.07 Å². The molecular weight excluding hydrogens is 330 g/mol. The van der Waals surface area contributed by atoms with Crippen molar-refractivity contribution in [3.05, 3.63) is 41.2 Å². The number of hydrogen-bond acceptors (Lipinski definition) is 5. The summed E-state index contributed by atoms with van der Waals surface area (Å²) in [7, 11) is 5.34. The molecule has 6 heteroatoms. The van der Waals surface area contributed by atoms with Gasteiger partial charge in [-0.25, -0.2) is 0 Å². The molecule has 1 fully saturated rings. The molecule has 2 heterocycles. The zero-order valence-electron chi connectivity index (χ0n) is 16.2. The van der Waals surface area contributed by atoms with Gasteiger partial charge in [0.05, 0.1) is 26.0 Å². The molecule has 0 radical (unpaired) electrons. The Hall–Kier alpha value is -2.05. The molecule has 1 aromatic carbocycles. The van der Waals surface area contributed by atoms with Crippen LogP contribution in [-0.2, 0) is 24.9 Å². The molecule has 142 valence electrons. The number of ether oxygens (including phenoxy) is 3. The minimum Gasteiger partial charge on any atom is -0.497 e. The summed E-state index contributed by atoms with van der Waals surface area (Å²) in [6, 6.07) is 6.00. The van der Waals surface area contributed by atoms with Crippen LogP contribution >= 0.6 is 0 Å². The number of hydrogen-bond donors (Lipinski definition) is 0. The van der Waals surface area contributed by atoms with E-state index in [1.165, 1.54) is 5.56 Å². The van der Waals surface area contributed by atoms with Crippen molar-refractivity contribution < 1.29 is 14.2 Å². The number of aromatic nitrogens is 2. The Balaban J connectivity index is 1.79. The van der Waals surface area contributed by atoms with Crippen molar-refractivity contribution in [1.29, 1.82) is 0 Å². The summed E-state index contributed by atoms with van der Waals surface area (Å²) in [5, 5.41) is 4.48. The summed E-state index contributed by atoms with van der Waals surface area (Å²) in [5.74, 6) is 1.66. The van der Waals surface area contributed by atoms with Crippen LogP contribution in [0.25, 0.3) is 0 Å². The van der Waals surface area contributed by atoms with E-state index in [0.717, 1.165) is 61.8 Å². The van der Waals surface area contributed by atoms with E-state index in [-0.39, 0.29) is 0 Å². The molecule has 0 aliphatic carbocycles. The molecule has 0 spiro atoms. The van der Waals surface area contributed by atoms with E-state index in [2.05, 4.69) is 29.2 Å². The van der Waals surface area contributed by atoms with Gasteiger partial charge in [0.25, 0.3) is 0 Å². The predicted molar refractivity (Wildman–Crippen MR) is 101 cm³/mol. The maximum Gasteiger partial charge on any atom is 0.127 e. The molecule has 2 aromatic rings. The molecular formula is C20H29N3O3. The number of methoxy groups -OCH3 is 2. The highest BCUT2D eigenvalue weighted by Gasteiger charge is 2.21. The van der Waals surface area contributed by atoms with E-state index in [1.54, 1.807) is 14.2 Å². The number of nitrogens with zero attached hydrogens (tertiary/aromatic N) is 3. The summed E-state index contributed by atoms with van der Waals surface area (Å²) in [6.45, 7) is 5.48. The van der Waals surface area contributed by atoms with Crippen LogP contribution in [0.3, 0.4) is 0 Å². The van der Waals surface area contributed by atoms with Crippen molar-refractivity contribution in [2.75, 3.05) is 27.4 Å². The molecule has 0 bridgehead atoms. The van der Waals surface area contributed by atoms with Crippen molar-refractivity contribution in [2.45, 2.75) is 39.0 Å². The van der Waals surface area contributed by atoms with E-state index in [0.29, 0.717) is 6.10 Å². The number of benzene rings is 1. The van der Waals surface area contributed by atoms with Gasteiger partial charge >= 0.3 is 0 Å². The lowest BCUT2D eigenvalue weighted by Gasteiger charge is -2.26. The summed E-state index contributed by atoms with van der Waals surface area (Å²) >= 11 is 0. The first-order valence-electron chi connectivity index (χ1n) is 9.13. The summed E-state index contributed by atoms with van der Waals surface area (Å²) in [4.78, 5) is 2.42. The van der Waals surface area contributed by atoms with Crippen molar-refractivity contribution in [3.63, 3.8) is 0 Å². The van der Waals surface area contributed by atoms with Gasteiger partial charge in [-0.05, 0) is 25.8 Å². The normalized spacial score (nSPS) is 17.0. The predicted octanol–water partition coefficient (Wildman–Crippen LogP) is 2.93. The smallest absolute Gasteiger partial charge is 0.127 e. The molecule has 0 N–H and O–H groups in total. The minimum atomic E-state index is 0.302. The third-order valence-electron chi connectivity index (χ3n) is 4.88. The Kier molecular flexibility index (Phi) is 6.16. The third-order valence-corrected chi connectivity index (χ3v) is 4.88. The van der Waals surface area contributed by atoms with Crippen LogP contribution in [0.5, 0.6) is 11.5 Å². The van der Waals surface area contributed by atoms with Crippen LogP contribution in [0.2, 0.25) is 0 Å². The Morgan fingerprint density at radius 3 is 2.65 bits per heavy atom. The molecule has 0 saturated carbocycles. The van der Waals surface area contributed by atoms with Gasteiger partial charge in [-0.2, -0.15) is 5.10 Å². The Morgan fingerprint density at radius 2 is 2.04 bits per heavy atom. The molecule has 26 heavy (non-hydrogen) atoms. The van der Waals surface area contributed by atoms with Crippen LogP contribution in [0.15, 0.2) is 24.4 Å². The van der Waals surface area contributed by atoms with Gasteiger partial charge in [0.2, 0.25) is 0 Å². The number of aryl methyl sites for hydroxylation is 2. The van der Waals surface area contributed by atoms with Crippen molar-refractivity contribution in [3.8, 4) is 11.5 Å². The molecule has 0 amide bonds. The fourth-order valence-corrected chi connectivity index (χ4v) is 3.53. The maximum absolute atomic E-state index is 5.87. The number of rotatable bonds is 8. The molecule has 3 rings (SSSR count). The second kappa shape index (κ2) is 8.56. The molecule has 0 unspecified atom stereocenters. The van der Waals surface area contributed by atoms with Crippen molar-refractivity contribution >= 4 is 0 Å². The second-order valence-electron chi connectivity index (χ2n) is 6.90. The highest BCUT2D eigenvalue weighted by Crippen LogP contribution is 2.27. The van der Waals surface area contributed by atoms with Crippen LogP contribution in [0.1, 0.15) is 29.7 Å². The first-order chi connectivity index (χ1) is 12.6. The van der Waals surface area contributed by atoms with Crippen LogP contribution in [0.4, 0.5) is 0 Å². The lowest BCUT2D eigenvalue weighted by atomic mass is 10.1. The third kappa shape index (κ3) is 4.56. The zero-order chi connectivity index (χ0) is 18.5. The van der Waals surface area contributed by atoms with Gasteiger partial charge in [0, 0.05) is 56.7 Å². The first-order valence-corrected chi connectivity index (χ1v) is 9.13.